The highest BCUT2D eigenvalue weighted by molar-refractivity contribution is 7.89. The number of hydrogen-bond donors (Lipinski definition) is 1. The van der Waals surface area contributed by atoms with Crippen LogP contribution in [0.4, 0.5) is 11.4 Å². The average molecular weight is 490 g/mol. The number of piperidine rings is 1. The molecule has 0 bridgehead atoms. The van der Waals surface area contributed by atoms with E-state index < -0.39 is 10.0 Å². The van der Waals surface area contributed by atoms with Gasteiger partial charge in [0.15, 0.2) is 0 Å². The molecule has 176 valence electrons. The van der Waals surface area contributed by atoms with Gasteiger partial charge in [-0.25, -0.2) is 8.42 Å². The summed E-state index contributed by atoms with van der Waals surface area (Å²) < 4.78 is 27.8. The topological polar surface area (TPSA) is 86.8 Å². The summed E-state index contributed by atoms with van der Waals surface area (Å²) in [5, 5.41) is 3.32. The Morgan fingerprint density at radius 2 is 1.85 bits per heavy atom. The summed E-state index contributed by atoms with van der Waals surface area (Å²) in [6, 6.07) is 10.1. The average Bonchev–Trinajstić information content (AvgIpc) is 2.78. The first-order valence-electron chi connectivity index (χ1n) is 11.1. The smallest absolute Gasteiger partial charge is 0.244 e. The number of benzene rings is 2. The standard InChI is InChI=1S/C24H28ClN3O4S/c1-16-9-11-27(12-10-16)33(31,32)20-6-7-22-18(13-20)4-8-24(30)28(22)15-23(29)26-19-5-3-17(2)21(25)14-19/h3,5-7,13-14,16H,4,8-12,15H2,1-2H3,(H,26,29). The molecule has 0 unspecified atom stereocenters. The number of nitrogens with zero attached hydrogens (tertiary/aromatic N) is 2. The number of carbonyl (C=O) groups excluding carboxylic acids is 2. The molecule has 0 atom stereocenters. The van der Waals surface area contributed by atoms with Crippen molar-refractivity contribution in [3.63, 3.8) is 0 Å². The van der Waals surface area contributed by atoms with Crippen LogP contribution in [0.15, 0.2) is 41.3 Å². The highest BCUT2D eigenvalue weighted by atomic mass is 35.5. The van der Waals surface area contributed by atoms with Crippen LogP contribution < -0.4 is 10.2 Å². The number of fused-ring (bicyclic) bond motifs is 1. The fourth-order valence-corrected chi connectivity index (χ4v) is 5.96. The molecule has 2 amide bonds. The highest BCUT2D eigenvalue weighted by Gasteiger charge is 2.31. The number of halogens is 1. The third-order valence-corrected chi connectivity index (χ3v) is 8.69. The summed E-state index contributed by atoms with van der Waals surface area (Å²) in [6.07, 6.45) is 2.38. The number of rotatable bonds is 5. The lowest BCUT2D eigenvalue weighted by Crippen LogP contribution is -2.41. The summed E-state index contributed by atoms with van der Waals surface area (Å²) in [7, 11) is -3.58. The second-order valence-electron chi connectivity index (χ2n) is 8.87. The van der Waals surface area contributed by atoms with Crippen LogP contribution in [-0.4, -0.2) is 44.2 Å². The van der Waals surface area contributed by atoms with E-state index in [9.17, 15) is 18.0 Å². The molecule has 33 heavy (non-hydrogen) atoms. The van der Waals surface area contributed by atoms with E-state index in [1.54, 1.807) is 28.6 Å². The van der Waals surface area contributed by atoms with E-state index in [0.29, 0.717) is 41.8 Å². The number of anilines is 2. The fourth-order valence-electron chi connectivity index (χ4n) is 4.26. The molecule has 1 N–H and O–H groups in total. The first kappa shape index (κ1) is 23.7. The molecule has 9 heteroatoms. The SMILES string of the molecule is Cc1ccc(NC(=O)CN2C(=O)CCc3cc(S(=O)(=O)N4CCC(C)CC4)ccc32)cc1Cl. The van der Waals surface area contributed by atoms with Crippen molar-refractivity contribution < 1.29 is 18.0 Å². The van der Waals surface area contributed by atoms with Gasteiger partial charge in [-0.15, -0.1) is 0 Å². The molecule has 0 spiro atoms. The number of nitrogens with one attached hydrogen (secondary N) is 1. The molecule has 2 aliphatic heterocycles. The second kappa shape index (κ2) is 9.44. The molecule has 7 nitrogen and oxygen atoms in total. The van der Waals surface area contributed by atoms with Crippen LogP contribution in [0.5, 0.6) is 0 Å². The summed E-state index contributed by atoms with van der Waals surface area (Å²) >= 11 is 6.13. The van der Waals surface area contributed by atoms with Gasteiger partial charge in [0, 0.05) is 35.9 Å². The van der Waals surface area contributed by atoms with Crippen molar-refractivity contribution in [2.75, 3.05) is 29.9 Å². The van der Waals surface area contributed by atoms with E-state index in [-0.39, 0.29) is 29.7 Å². The molecule has 0 aliphatic carbocycles. The van der Waals surface area contributed by atoms with Crippen LogP contribution in [0, 0.1) is 12.8 Å². The Morgan fingerprint density at radius 1 is 1.12 bits per heavy atom. The second-order valence-corrected chi connectivity index (χ2v) is 11.2. The molecule has 2 heterocycles. The maximum absolute atomic E-state index is 13.1. The first-order valence-corrected chi connectivity index (χ1v) is 13.0. The van der Waals surface area contributed by atoms with E-state index in [1.165, 1.54) is 11.0 Å². The van der Waals surface area contributed by atoms with Crippen LogP contribution in [0.1, 0.15) is 37.3 Å². The van der Waals surface area contributed by atoms with Gasteiger partial charge in [-0.05, 0) is 73.6 Å². The van der Waals surface area contributed by atoms with Gasteiger partial charge in [-0.3, -0.25) is 9.59 Å². The summed E-state index contributed by atoms with van der Waals surface area (Å²) in [6.45, 7) is 4.89. The molecule has 2 aromatic rings. The Kier molecular flexibility index (Phi) is 6.79. The fraction of sp³-hybridized carbons (Fsp3) is 0.417. The summed E-state index contributed by atoms with van der Waals surface area (Å²) in [5.41, 5.74) is 2.79. The third-order valence-electron chi connectivity index (χ3n) is 6.39. The van der Waals surface area contributed by atoms with Gasteiger partial charge >= 0.3 is 0 Å². The molecule has 4 rings (SSSR count). The van der Waals surface area contributed by atoms with E-state index in [2.05, 4.69) is 12.2 Å². The lowest BCUT2D eigenvalue weighted by molar-refractivity contribution is -0.121. The zero-order chi connectivity index (χ0) is 23.8. The van der Waals surface area contributed by atoms with Crippen LogP contribution in [0.25, 0.3) is 0 Å². The maximum atomic E-state index is 13.1. The minimum absolute atomic E-state index is 0.159. The molecule has 2 aromatic carbocycles. The van der Waals surface area contributed by atoms with Crippen molar-refractivity contribution in [2.45, 2.75) is 44.4 Å². The largest absolute Gasteiger partial charge is 0.324 e. The van der Waals surface area contributed by atoms with Crippen LogP contribution in [-0.2, 0) is 26.0 Å². The van der Waals surface area contributed by atoms with Crippen molar-refractivity contribution >= 4 is 44.8 Å². The van der Waals surface area contributed by atoms with Crippen LogP contribution in [0.2, 0.25) is 5.02 Å². The minimum Gasteiger partial charge on any atom is -0.324 e. The van der Waals surface area contributed by atoms with Crippen molar-refractivity contribution in [2.24, 2.45) is 5.92 Å². The Bertz CT molecular complexity index is 1190. The number of carbonyl (C=O) groups is 2. The van der Waals surface area contributed by atoms with Crippen molar-refractivity contribution in [3.05, 3.63) is 52.5 Å². The Balaban J connectivity index is 1.52. The van der Waals surface area contributed by atoms with Crippen molar-refractivity contribution in [3.8, 4) is 0 Å². The van der Waals surface area contributed by atoms with Gasteiger partial charge < -0.3 is 10.2 Å². The van der Waals surface area contributed by atoms with Crippen LogP contribution in [0.3, 0.4) is 0 Å². The molecular weight excluding hydrogens is 462 g/mol. The van der Waals surface area contributed by atoms with Gasteiger partial charge in [0.05, 0.1) is 4.90 Å². The van der Waals surface area contributed by atoms with Crippen LogP contribution >= 0.6 is 11.6 Å². The minimum atomic E-state index is -3.58. The monoisotopic (exact) mass is 489 g/mol. The number of sulfonamides is 1. The number of amides is 2. The maximum Gasteiger partial charge on any atom is 0.244 e. The lowest BCUT2D eigenvalue weighted by atomic mass is 10.0. The number of aryl methyl sites for hydroxylation is 2. The quantitative estimate of drug-likeness (QED) is 0.688. The molecule has 1 fully saturated rings. The Morgan fingerprint density at radius 3 is 2.55 bits per heavy atom. The highest BCUT2D eigenvalue weighted by Crippen LogP contribution is 2.32. The molecular formula is C24H28ClN3O4S. The molecule has 2 aliphatic rings. The van der Waals surface area contributed by atoms with Gasteiger partial charge in [0.1, 0.15) is 6.54 Å². The molecule has 1 saturated heterocycles. The predicted octanol–water partition coefficient (Wildman–Crippen LogP) is 3.99. The first-order chi connectivity index (χ1) is 15.6. The van der Waals surface area contributed by atoms with Gasteiger partial charge in [-0.2, -0.15) is 4.31 Å². The van der Waals surface area contributed by atoms with E-state index in [0.717, 1.165) is 24.0 Å². The molecule has 0 saturated carbocycles. The van der Waals surface area contributed by atoms with E-state index in [4.69, 9.17) is 11.6 Å². The zero-order valence-electron chi connectivity index (χ0n) is 18.8. The van der Waals surface area contributed by atoms with Crippen molar-refractivity contribution in [1.29, 1.82) is 0 Å². The number of hydrogen-bond acceptors (Lipinski definition) is 4. The summed E-state index contributed by atoms with van der Waals surface area (Å²) in [5.74, 6) is 0.0112. The Labute approximate surface area is 199 Å². The Hall–Kier alpha value is -2.42. The summed E-state index contributed by atoms with van der Waals surface area (Å²) in [4.78, 5) is 26.9. The molecule has 0 aromatic heterocycles. The van der Waals surface area contributed by atoms with E-state index >= 15 is 0 Å². The van der Waals surface area contributed by atoms with Gasteiger partial charge in [0.2, 0.25) is 21.8 Å². The normalized spacial score (nSPS) is 17.7. The lowest BCUT2D eigenvalue weighted by Gasteiger charge is -2.31. The van der Waals surface area contributed by atoms with Gasteiger partial charge in [0.25, 0.3) is 0 Å². The third kappa shape index (κ3) is 5.08. The van der Waals surface area contributed by atoms with Gasteiger partial charge in [-0.1, -0.05) is 24.6 Å². The molecule has 0 radical (unpaired) electrons. The van der Waals surface area contributed by atoms with E-state index in [1.807, 2.05) is 13.0 Å². The predicted molar refractivity (Wildman–Crippen MR) is 129 cm³/mol. The zero-order valence-corrected chi connectivity index (χ0v) is 20.4. The van der Waals surface area contributed by atoms with Crippen molar-refractivity contribution in [1.82, 2.24) is 4.31 Å².